The highest BCUT2D eigenvalue weighted by Gasteiger charge is 1.87. The Morgan fingerprint density at radius 2 is 2.44 bits per heavy atom. The standard InChI is InChI=1S/C7H10N2/c1-6-4-7(5-8)2-3-9-6/h2-4H,5,8H2,1H3. The molecule has 0 amide bonds. The molecule has 0 saturated carbocycles. The van der Waals surface area contributed by atoms with Crippen molar-refractivity contribution in [3.05, 3.63) is 29.6 Å². The Morgan fingerprint density at radius 3 is 2.89 bits per heavy atom. The van der Waals surface area contributed by atoms with Crippen molar-refractivity contribution in [1.29, 1.82) is 0 Å². The van der Waals surface area contributed by atoms with E-state index < -0.39 is 0 Å². The summed E-state index contributed by atoms with van der Waals surface area (Å²) in [6.07, 6.45) is 1.78. The lowest BCUT2D eigenvalue weighted by molar-refractivity contribution is 1.04. The SMILES string of the molecule is Cc1cc(CN)ccn1. The lowest BCUT2D eigenvalue weighted by atomic mass is 10.2. The normalized spacial score (nSPS) is 9.56. The average Bonchev–Trinajstić information content (AvgIpc) is 1.88. The Kier molecular flexibility index (Phi) is 1.80. The zero-order chi connectivity index (χ0) is 6.69. The molecule has 0 aliphatic heterocycles. The summed E-state index contributed by atoms with van der Waals surface area (Å²) in [5.74, 6) is 0. The Hall–Kier alpha value is -0.890. The molecule has 0 spiro atoms. The first-order valence-corrected chi connectivity index (χ1v) is 2.94. The highest BCUT2D eigenvalue weighted by Crippen LogP contribution is 1.97. The van der Waals surface area contributed by atoms with Gasteiger partial charge in [-0.25, -0.2) is 0 Å². The third-order valence-electron chi connectivity index (χ3n) is 1.20. The highest BCUT2D eigenvalue weighted by atomic mass is 14.7. The fraction of sp³-hybridized carbons (Fsp3) is 0.286. The molecule has 0 radical (unpaired) electrons. The van der Waals surface area contributed by atoms with Crippen molar-refractivity contribution >= 4 is 0 Å². The number of hydrogen-bond acceptors (Lipinski definition) is 2. The molecular formula is C7H10N2. The highest BCUT2D eigenvalue weighted by molar-refractivity contribution is 5.14. The van der Waals surface area contributed by atoms with Gasteiger partial charge < -0.3 is 5.73 Å². The Bertz CT molecular complexity index is 196. The van der Waals surface area contributed by atoms with Gasteiger partial charge in [-0.3, -0.25) is 4.98 Å². The second kappa shape index (κ2) is 2.60. The summed E-state index contributed by atoms with van der Waals surface area (Å²) in [4.78, 5) is 4.03. The molecule has 0 aromatic carbocycles. The first-order valence-electron chi connectivity index (χ1n) is 2.94. The molecule has 48 valence electrons. The van der Waals surface area contributed by atoms with Crippen LogP contribution in [0.3, 0.4) is 0 Å². The topological polar surface area (TPSA) is 38.9 Å². The molecule has 0 aliphatic carbocycles. The van der Waals surface area contributed by atoms with Crippen molar-refractivity contribution in [2.24, 2.45) is 5.73 Å². The second-order valence-electron chi connectivity index (χ2n) is 2.01. The number of hydrogen-bond donors (Lipinski definition) is 1. The number of nitrogens with two attached hydrogens (primary N) is 1. The molecule has 2 N–H and O–H groups in total. The fourth-order valence-corrected chi connectivity index (χ4v) is 0.731. The molecule has 0 unspecified atom stereocenters. The molecule has 0 aliphatic rings. The Morgan fingerprint density at radius 1 is 1.67 bits per heavy atom. The summed E-state index contributed by atoms with van der Waals surface area (Å²) in [6, 6.07) is 3.91. The third kappa shape index (κ3) is 1.50. The quantitative estimate of drug-likeness (QED) is 0.599. The molecule has 1 aromatic rings. The maximum Gasteiger partial charge on any atom is 0.0375 e. The molecule has 9 heavy (non-hydrogen) atoms. The van der Waals surface area contributed by atoms with Crippen LogP contribution >= 0.6 is 0 Å². The van der Waals surface area contributed by atoms with Crippen molar-refractivity contribution < 1.29 is 0 Å². The first-order chi connectivity index (χ1) is 4.33. The summed E-state index contributed by atoms with van der Waals surface area (Å²) >= 11 is 0. The summed E-state index contributed by atoms with van der Waals surface area (Å²) in [7, 11) is 0. The number of pyridine rings is 1. The number of aryl methyl sites for hydroxylation is 1. The van der Waals surface area contributed by atoms with E-state index in [4.69, 9.17) is 5.73 Å². The minimum atomic E-state index is 0.601. The van der Waals surface area contributed by atoms with Crippen molar-refractivity contribution in [3.8, 4) is 0 Å². The van der Waals surface area contributed by atoms with Crippen LogP contribution in [0.1, 0.15) is 11.3 Å². The van der Waals surface area contributed by atoms with Gasteiger partial charge in [0.2, 0.25) is 0 Å². The molecule has 1 aromatic heterocycles. The lowest BCUT2D eigenvalue weighted by Gasteiger charge is -1.94. The van der Waals surface area contributed by atoms with Gasteiger partial charge in [-0.15, -0.1) is 0 Å². The van der Waals surface area contributed by atoms with Crippen molar-refractivity contribution in [1.82, 2.24) is 4.98 Å². The Labute approximate surface area is 54.7 Å². The van der Waals surface area contributed by atoms with E-state index in [1.54, 1.807) is 6.20 Å². The van der Waals surface area contributed by atoms with Crippen LogP contribution in [-0.2, 0) is 6.54 Å². The molecule has 2 heteroatoms. The van der Waals surface area contributed by atoms with Gasteiger partial charge in [0.15, 0.2) is 0 Å². The van der Waals surface area contributed by atoms with Crippen LogP contribution in [0.2, 0.25) is 0 Å². The average molecular weight is 122 g/mol. The van der Waals surface area contributed by atoms with E-state index in [1.807, 2.05) is 19.1 Å². The summed E-state index contributed by atoms with van der Waals surface area (Å²) in [5, 5.41) is 0. The molecule has 0 bridgehead atoms. The van der Waals surface area contributed by atoms with Gasteiger partial charge in [-0.05, 0) is 24.6 Å². The monoisotopic (exact) mass is 122 g/mol. The zero-order valence-electron chi connectivity index (χ0n) is 5.46. The van der Waals surface area contributed by atoms with E-state index in [0.717, 1.165) is 11.3 Å². The van der Waals surface area contributed by atoms with E-state index in [9.17, 15) is 0 Å². The van der Waals surface area contributed by atoms with E-state index in [1.165, 1.54) is 0 Å². The van der Waals surface area contributed by atoms with Crippen molar-refractivity contribution in [3.63, 3.8) is 0 Å². The summed E-state index contributed by atoms with van der Waals surface area (Å²) in [6.45, 7) is 2.56. The molecule has 0 fully saturated rings. The number of rotatable bonds is 1. The van der Waals surface area contributed by atoms with E-state index in [0.29, 0.717) is 6.54 Å². The maximum absolute atomic E-state index is 5.39. The fourth-order valence-electron chi connectivity index (χ4n) is 0.731. The van der Waals surface area contributed by atoms with Crippen LogP contribution in [0.4, 0.5) is 0 Å². The number of aromatic nitrogens is 1. The zero-order valence-corrected chi connectivity index (χ0v) is 5.46. The maximum atomic E-state index is 5.39. The number of nitrogens with zero attached hydrogens (tertiary/aromatic N) is 1. The molecule has 0 atom stereocenters. The first kappa shape index (κ1) is 6.23. The van der Waals surface area contributed by atoms with Crippen LogP contribution in [0.15, 0.2) is 18.3 Å². The van der Waals surface area contributed by atoms with Gasteiger partial charge in [0.1, 0.15) is 0 Å². The minimum absolute atomic E-state index is 0.601. The van der Waals surface area contributed by atoms with Gasteiger partial charge in [-0.1, -0.05) is 0 Å². The predicted molar refractivity (Wildman–Crippen MR) is 36.9 cm³/mol. The van der Waals surface area contributed by atoms with Gasteiger partial charge in [0.25, 0.3) is 0 Å². The van der Waals surface area contributed by atoms with Gasteiger partial charge in [0, 0.05) is 18.4 Å². The Balaban J connectivity index is 2.94. The largest absolute Gasteiger partial charge is 0.326 e. The van der Waals surface area contributed by atoms with Crippen molar-refractivity contribution in [2.75, 3.05) is 0 Å². The molecule has 1 rings (SSSR count). The molecule has 0 saturated heterocycles. The van der Waals surface area contributed by atoms with Gasteiger partial charge in [-0.2, -0.15) is 0 Å². The third-order valence-corrected chi connectivity index (χ3v) is 1.20. The van der Waals surface area contributed by atoms with E-state index >= 15 is 0 Å². The summed E-state index contributed by atoms with van der Waals surface area (Å²) in [5.41, 5.74) is 7.56. The van der Waals surface area contributed by atoms with Crippen LogP contribution in [0.25, 0.3) is 0 Å². The van der Waals surface area contributed by atoms with Gasteiger partial charge in [0.05, 0.1) is 0 Å². The van der Waals surface area contributed by atoms with Crippen LogP contribution in [-0.4, -0.2) is 4.98 Å². The van der Waals surface area contributed by atoms with Crippen molar-refractivity contribution in [2.45, 2.75) is 13.5 Å². The molecule has 1 heterocycles. The van der Waals surface area contributed by atoms with E-state index in [-0.39, 0.29) is 0 Å². The van der Waals surface area contributed by atoms with Crippen LogP contribution < -0.4 is 5.73 Å². The predicted octanol–water partition coefficient (Wildman–Crippen LogP) is 0.849. The van der Waals surface area contributed by atoms with Crippen LogP contribution in [0.5, 0.6) is 0 Å². The van der Waals surface area contributed by atoms with E-state index in [2.05, 4.69) is 4.98 Å². The van der Waals surface area contributed by atoms with Gasteiger partial charge >= 0.3 is 0 Å². The second-order valence-corrected chi connectivity index (χ2v) is 2.01. The smallest absolute Gasteiger partial charge is 0.0375 e. The lowest BCUT2D eigenvalue weighted by Crippen LogP contribution is -1.96. The van der Waals surface area contributed by atoms with Crippen LogP contribution in [0, 0.1) is 6.92 Å². The minimum Gasteiger partial charge on any atom is -0.326 e. The summed E-state index contributed by atoms with van der Waals surface area (Å²) < 4.78 is 0. The molecular weight excluding hydrogens is 112 g/mol. The molecule has 2 nitrogen and oxygen atoms in total.